The van der Waals surface area contributed by atoms with Crippen molar-refractivity contribution in [3.8, 4) is 0 Å². The van der Waals surface area contributed by atoms with Crippen LogP contribution in [0.4, 0.5) is 4.39 Å². The van der Waals surface area contributed by atoms with Crippen LogP contribution >= 0.6 is 27.7 Å². The Labute approximate surface area is 118 Å². The summed E-state index contributed by atoms with van der Waals surface area (Å²) in [5.41, 5.74) is 6.40. The Hall–Kier alpha value is -0.590. The fraction of sp³-hybridized carbons (Fsp3) is 0.417. The third kappa shape index (κ3) is 3.70. The SMILES string of the molecule is CC(C)(SCc1cccc(F)c1Br)[C@H](N)C(=O)O. The first-order valence-electron chi connectivity index (χ1n) is 5.31. The molecule has 0 aliphatic carbocycles. The number of thioether (sulfide) groups is 1. The van der Waals surface area contributed by atoms with Gasteiger partial charge in [-0.2, -0.15) is 0 Å². The summed E-state index contributed by atoms with van der Waals surface area (Å²) in [4.78, 5) is 10.9. The molecule has 100 valence electrons. The summed E-state index contributed by atoms with van der Waals surface area (Å²) < 4.78 is 13.1. The number of carboxylic acid groups (broad SMARTS) is 1. The zero-order valence-corrected chi connectivity index (χ0v) is 12.5. The number of hydrogen-bond acceptors (Lipinski definition) is 3. The second-order valence-electron chi connectivity index (χ2n) is 4.42. The number of halogens is 2. The van der Waals surface area contributed by atoms with Crippen molar-refractivity contribution in [1.82, 2.24) is 0 Å². The van der Waals surface area contributed by atoms with Crippen molar-refractivity contribution in [2.75, 3.05) is 0 Å². The Kier molecular flexibility index (Phi) is 5.19. The summed E-state index contributed by atoms with van der Waals surface area (Å²) in [6.45, 7) is 3.54. The van der Waals surface area contributed by atoms with Gasteiger partial charge in [-0.15, -0.1) is 11.8 Å². The van der Waals surface area contributed by atoms with Gasteiger partial charge in [0.05, 0.1) is 4.47 Å². The first-order valence-corrected chi connectivity index (χ1v) is 7.09. The van der Waals surface area contributed by atoms with Crippen molar-refractivity contribution >= 4 is 33.7 Å². The van der Waals surface area contributed by atoms with E-state index in [9.17, 15) is 9.18 Å². The van der Waals surface area contributed by atoms with Gasteiger partial charge in [0.1, 0.15) is 11.9 Å². The molecule has 1 aromatic carbocycles. The van der Waals surface area contributed by atoms with Crippen molar-refractivity contribution in [3.05, 3.63) is 34.1 Å². The smallest absolute Gasteiger partial charge is 0.321 e. The lowest BCUT2D eigenvalue weighted by Gasteiger charge is -2.28. The summed E-state index contributed by atoms with van der Waals surface area (Å²) in [5, 5.41) is 8.91. The van der Waals surface area contributed by atoms with E-state index >= 15 is 0 Å². The molecule has 0 spiro atoms. The van der Waals surface area contributed by atoms with E-state index in [0.29, 0.717) is 10.2 Å². The Morgan fingerprint density at radius 1 is 1.61 bits per heavy atom. The predicted molar refractivity (Wildman–Crippen MR) is 75.1 cm³/mol. The van der Waals surface area contributed by atoms with E-state index in [1.54, 1.807) is 26.0 Å². The van der Waals surface area contributed by atoms with Gasteiger partial charge >= 0.3 is 5.97 Å². The molecule has 0 heterocycles. The largest absolute Gasteiger partial charge is 0.480 e. The number of rotatable bonds is 5. The van der Waals surface area contributed by atoms with Crippen LogP contribution in [0, 0.1) is 5.82 Å². The van der Waals surface area contributed by atoms with E-state index in [1.165, 1.54) is 17.8 Å². The van der Waals surface area contributed by atoms with Crippen molar-refractivity contribution in [2.24, 2.45) is 5.73 Å². The van der Waals surface area contributed by atoms with Gasteiger partial charge in [0.25, 0.3) is 0 Å². The molecule has 3 nitrogen and oxygen atoms in total. The van der Waals surface area contributed by atoms with E-state index < -0.39 is 16.8 Å². The standard InChI is InChI=1S/C12H15BrFNO2S/c1-12(2,10(15)11(16)17)18-6-7-4-3-5-8(14)9(7)13/h3-5,10H,6,15H2,1-2H3,(H,16,17)/t10-/m1/s1. The van der Waals surface area contributed by atoms with Crippen molar-refractivity contribution in [1.29, 1.82) is 0 Å². The van der Waals surface area contributed by atoms with Crippen LogP contribution in [0.1, 0.15) is 19.4 Å². The molecule has 0 bridgehead atoms. The molecule has 0 radical (unpaired) electrons. The number of aliphatic carboxylic acids is 1. The summed E-state index contributed by atoms with van der Waals surface area (Å²) in [7, 11) is 0. The summed E-state index contributed by atoms with van der Waals surface area (Å²) in [6.07, 6.45) is 0. The normalized spacial score (nSPS) is 13.4. The fourth-order valence-corrected chi connectivity index (χ4v) is 2.95. The van der Waals surface area contributed by atoms with E-state index in [2.05, 4.69) is 15.9 Å². The second kappa shape index (κ2) is 6.04. The van der Waals surface area contributed by atoms with E-state index in [1.807, 2.05) is 0 Å². The molecule has 0 aliphatic rings. The zero-order valence-electron chi connectivity index (χ0n) is 10.1. The van der Waals surface area contributed by atoms with Gasteiger partial charge in [-0.3, -0.25) is 4.79 Å². The first-order chi connectivity index (χ1) is 8.25. The van der Waals surface area contributed by atoms with Gasteiger partial charge in [-0.1, -0.05) is 12.1 Å². The molecule has 6 heteroatoms. The average molecular weight is 336 g/mol. The molecule has 0 saturated heterocycles. The quantitative estimate of drug-likeness (QED) is 0.868. The molecule has 1 aromatic rings. The van der Waals surface area contributed by atoms with E-state index in [0.717, 1.165) is 5.56 Å². The molecule has 3 N–H and O–H groups in total. The van der Waals surface area contributed by atoms with Crippen molar-refractivity contribution in [2.45, 2.75) is 30.4 Å². The van der Waals surface area contributed by atoms with Crippen LogP contribution < -0.4 is 5.73 Å². The van der Waals surface area contributed by atoms with Gasteiger partial charge in [0, 0.05) is 10.5 Å². The van der Waals surface area contributed by atoms with Crippen LogP contribution in [0.5, 0.6) is 0 Å². The van der Waals surface area contributed by atoms with Gasteiger partial charge in [0.15, 0.2) is 0 Å². The highest BCUT2D eigenvalue weighted by atomic mass is 79.9. The number of nitrogens with two attached hydrogens (primary N) is 1. The minimum absolute atomic E-state index is 0.326. The molecule has 0 fully saturated rings. The maximum atomic E-state index is 13.3. The monoisotopic (exact) mass is 335 g/mol. The third-order valence-electron chi connectivity index (χ3n) is 2.65. The maximum absolute atomic E-state index is 13.3. The van der Waals surface area contributed by atoms with Crippen LogP contribution in [0.3, 0.4) is 0 Å². The maximum Gasteiger partial charge on any atom is 0.321 e. The molecule has 1 atom stereocenters. The number of carbonyl (C=O) groups is 1. The predicted octanol–water partition coefficient (Wildman–Crippen LogP) is 3.01. The van der Waals surface area contributed by atoms with Crippen molar-refractivity contribution in [3.63, 3.8) is 0 Å². The van der Waals surface area contributed by atoms with Gasteiger partial charge in [-0.25, -0.2) is 4.39 Å². The minimum Gasteiger partial charge on any atom is -0.480 e. The lowest BCUT2D eigenvalue weighted by molar-refractivity contribution is -0.139. The van der Waals surface area contributed by atoms with E-state index in [-0.39, 0.29) is 5.82 Å². The van der Waals surface area contributed by atoms with Gasteiger partial charge < -0.3 is 10.8 Å². The zero-order chi connectivity index (χ0) is 13.9. The highest BCUT2D eigenvalue weighted by Crippen LogP contribution is 2.33. The number of benzene rings is 1. The highest BCUT2D eigenvalue weighted by Gasteiger charge is 2.32. The number of carboxylic acids is 1. The van der Waals surface area contributed by atoms with Crippen LogP contribution in [0.25, 0.3) is 0 Å². The lowest BCUT2D eigenvalue weighted by atomic mass is 10.1. The van der Waals surface area contributed by atoms with Crippen LogP contribution in [0.15, 0.2) is 22.7 Å². The molecule has 0 aliphatic heterocycles. The Balaban J connectivity index is 2.76. The molecule has 0 aromatic heterocycles. The summed E-state index contributed by atoms with van der Waals surface area (Å²) in [5.74, 6) is -0.869. The highest BCUT2D eigenvalue weighted by molar-refractivity contribution is 9.10. The Bertz CT molecular complexity index is 454. The summed E-state index contributed by atoms with van der Waals surface area (Å²) in [6, 6.07) is 3.82. The average Bonchev–Trinajstić information content (AvgIpc) is 2.30. The van der Waals surface area contributed by atoms with Crippen LogP contribution in [0.2, 0.25) is 0 Å². The van der Waals surface area contributed by atoms with Crippen LogP contribution in [-0.4, -0.2) is 21.9 Å². The lowest BCUT2D eigenvalue weighted by Crippen LogP contribution is -2.46. The molecule has 1 rings (SSSR count). The number of hydrogen-bond donors (Lipinski definition) is 2. The molecular weight excluding hydrogens is 321 g/mol. The molecular formula is C12H15BrFNO2S. The van der Waals surface area contributed by atoms with E-state index in [4.69, 9.17) is 10.8 Å². The summed E-state index contributed by atoms with van der Waals surface area (Å²) >= 11 is 4.57. The molecule has 0 amide bonds. The van der Waals surface area contributed by atoms with Crippen LogP contribution in [-0.2, 0) is 10.5 Å². The first kappa shape index (κ1) is 15.5. The molecule has 0 saturated carbocycles. The molecule has 18 heavy (non-hydrogen) atoms. The van der Waals surface area contributed by atoms with Crippen molar-refractivity contribution < 1.29 is 14.3 Å². The minimum atomic E-state index is -1.04. The third-order valence-corrected chi connectivity index (χ3v) is 4.99. The van der Waals surface area contributed by atoms with Gasteiger partial charge in [-0.05, 0) is 41.4 Å². The Morgan fingerprint density at radius 2 is 2.22 bits per heavy atom. The fourth-order valence-electron chi connectivity index (χ4n) is 1.31. The Morgan fingerprint density at radius 3 is 2.78 bits per heavy atom. The molecule has 0 unspecified atom stereocenters. The van der Waals surface area contributed by atoms with Gasteiger partial charge in [0.2, 0.25) is 0 Å². The second-order valence-corrected chi connectivity index (χ2v) is 6.84. The topological polar surface area (TPSA) is 63.3 Å².